The lowest BCUT2D eigenvalue weighted by atomic mass is 10.0. The second-order valence-electron chi connectivity index (χ2n) is 3.68. The first-order valence-corrected chi connectivity index (χ1v) is 5.84. The summed E-state index contributed by atoms with van der Waals surface area (Å²) < 4.78 is 0. The fraction of sp³-hybridized carbons (Fsp3) is 0.0667. The predicted molar refractivity (Wildman–Crippen MR) is 75.5 cm³/mol. The van der Waals surface area contributed by atoms with Gasteiger partial charge in [-0.2, -0.15) is 5.26 Å². The molecule has 0 aliphatic heterocycles. The first kappa shape index (κ1) is 14.7. The van der Waals surface area contributed by atoms with Crippen molar-refractivity contribution in [3.05, 3.63) is 64.7 Å². The van der Waals surface area contributed by atoms with E-state index in [1.165, 1.54) is 12.2 Å². The lowest BCUT2D eigenvalue weighted by Crippen LogP contribution is -1.98. The molecule has 0 aliphatic carbocycles. The molecule has 1 rings (SSSR count). The van der Waals surface area contributed by atoms with Gasteiger partial charge in [-0.1, -0.05) is 42.5 Å². The molecule has 1 aromatic carbocycles. The zero-order chi connectivity index (χ0) is 14.4. The average Bonchev–Trinajstić information content (AvgIpc) is 2.43. The van der Waals surface area contributed by atoms with Gasteiger partial charge in [-0.3, -0.25) is 0 Å². The van der Waals surface area contributed by atoms with Crippen LogP contribution in [0.4, 0.5) is 0 Å². The number of carboxylic acid groups (broad SMARTS) is 1. The number of aliphatic carboxylic acids is 1. The zero-order valence-electron chi connectivity index (χ0n) is 10.4. The quantitative estimate of drug-likeness (QED) is 0.672. The third-order valence-corrected chi connectivity index (χ3v) is 2.84. The second-order valence-corrected chi connectivity index (χ2v) is 4.08. The molecule has 3 nitrogen and oxygen atoms in total. The average molecular weight is 274 g/mol. The third-order valence-electron chi connectivity index (χ3n) is 2.50. The largest absolute Gasteiger partial charge is 0.478 e. The van der Waals surface area contributed by atoms with Crippen molar-refractivity contribution in [2.45, 2.75) is 6.92 Å². The van der Waals surface area contributed by atoms with Crippen molar-refractivity contribution in [3.8, 4) is 6.07 Å². The molecule has 0 saturated heterocycles. The summed E-state index contributed by atoms with van der Waals surface area (Å²) in [6, 6.07) is 8.91. The van der Waals surface area contributed by atoms with E-state index in [1.807, 2.05) is 6.07 Å². The van der Waals surface area contributed by atoms with Crippen LogP contribution in [0.3, 0.4) is 0 Å². The number of carboxylic acids is 1. The van der Waals surface area contributed by atoms with Crippen LogP contribution in [0.5, 0.6) is 0 Å². The van der Waals surface area contributed by atoms with Crippen molar-refractivity contribution in [2.75, 3.05) is 0 Å². The van der Waals surface area contributed by atoms with Crippen molar-refractivity contribution < 1.29 is 9.90 Å². The molecule has 0 aliphatic rings. The monoisotopic (exact) mass is 273 g/mol. The van der Waals surface area contributed by atoms with E-state index in [2.05, 4.69) is 6.58 Å². The van der Waals surface area contributed by atoms with E-state index < -0.39 is 5.97 Å². The molecule has 19 heavy (non-hydrogen) atoms. The number of hydrogen-bond donors (Lipinski definition) is 1. The van der Waals surface area contributed by atoms with Crippen LogP contribution in [0.2, 0.25) is 0 Å². The van der Waals surface area contributed by atoms with Gasteiger partial charge < -0.3 is 5.11 Å². The molecule has 0 heterocycles. The molecular weight excluding hydrogens is 262 g/mol. The summed E-state index contributed by atoms with van der Waals surface area (Å²) in [7, 11) is 0. The van der Waals surface area contributed by atoms with Gasteiger partial charge in [0.05, 0.1) is 17.2 Å². The van der Waals surface area contributed by atoms with Crippen LogP contribution in [0.1, 0.15) is 18.1 Å². The van der Waals surface area contributed by atoms with E-state index in [9.17, 15) is 4.79 Å². The fourth-order valence-corrected chi connectivity index (χ4v) is 1.68. The third kappa shape index (κ3) is 3.57. The van der Waals surface area contributed by atoms with Gasteiger partial charge >= 0.3 is 5.97 Å². The van der Waals surface area contributed by atoms with Gasteiger partial charge in [0, 0.05) is 10.6 Å². The van der Waals surface area contributed by atoms with Crippen LogP contribution in [-0.2, 0) is 4.79 Å². The number of halogens is 1. The van der Waals surface area contributed by atoms with E-state index in [-0.39, 0.29) is 10.6 Å². The fourth-order valence-electron chi connectivity index (χ4n) is 1.46. The second kappa shape index (κ2) is 6.58. The van der Waals surface area contributed by atoms with E-state index in [1.54, 1.807) is 31.2 Å². The minimum absolute atomic E-state index is 0.0700. The number of nitriles is 1. The summed E-state index contributed by atoms with van der Waals surface area (Å²) >= 11 is 6.06. The summed E-state index contributed by atoms with van der Waals surface area (Å²) in [6.45, 7) is 5.42. The molecule has 0 aromatic heterocycles. The van der Waals surface area contributed by atoms with Crippen molar-refractivity contribution in [1.29, 1.82) is 5.26 Å². The Bertz CT molecular complexity index is 621. The van der Waals surface area contributed by atoms with Crippen LogP contribution in [0.25, 0.3) is 5.57 Å². The summed E-state index contributed by atoms with van der Waals surface area (Å²) in [6.07, 6.45) is 2.76. The normalized spacial score (nSPS) is 11.8. The molecule has 0 amide bonds. The first-order chi connectivity index (χ1) is 9.01. The lowest BCUT2D eigenvalue weighted by molar-refractivity contribution is -0.132. The smallest absolute Gasteiger partial charge is 0.335 e. The maximum atomic E-state index is 10.9. The molecule has 1 N–H and O–H groups in total. The Labute approximate surface area is 116 Å². The van der Waals surface area contributed by atoms with Gasteiger partial charge in [-0.15, -0.1) is 0 Å². The first-order valence-electron chi connectivity index (χ1n) is 5.46. The number of hydrogen-bond acceptors (Lipinski definition) is 2. The maximum absolute atomic E-state index is 10.9. The molecule has 0 fully saturated rings. The lowest BCUT2D eigenvalue weighted by Gasteiger charge is -2.07. The highest BCUT2D eigenvalue weighted by Gasteiger charge is 2.10. The van der Waals surface area contributed by atoms with Gasteiger partial charge in [-0.05, 0) is 24.6 Å². The Kier molecular flexibility index (Phi) is 5.11. The van der Waals surface area contributed by atoms with E-state index in [0.717, 1.165) is 0 Å². The van der Waals surface area contributed by atoms with E-state index in [4.69, 9.17) is 22.0 Å². The van der Waals surface area contributed by atoms with Crippen LogP contribution in [0, 0.1) is 11.3 Å². The predicted octanol–water partition coefficient (Wildman–Crippen LogP) is 3.73. The highest BCUT2D eigenvalue weighted by atomic mass is 35.5. The Hall–Kier alpha value is -2.31. The topological polar surface area (TPSA) is 61.1 Å². The van der Waals surface area contributed by atoms with Crippen LogP contribution in [-0.4, -0.2) is 11.1 Å². The van der Waals surface area contributed by atoms with Gasteiger partial charge in [0.2, 0.25) is 0 Å². The Morgan fingerprint density at radius 1 is 1.47 bits per heavy atom. The van der Waals surface area contributed by atoms with E-state index >= 15 is 0 Å². The van der Waals surface area contributed by atoms with Gasteiger partial charge in [0.1, 0.15) is 0 Å². The molecule has 0 atom stereocenters. The molecule has 1 aromatic rings. The number of rotatable bonds is 4. The molecular formula is C15H12ClNO2. The highest BCUT2D eigenvalue weighted by Crippen LogP contribution is 2.27. The molecule has 0 radical (unpaired) electrons. The van der Waals surface area contributed by atoms with Crippen molar-refractivity contribution in [1.82, 2.24) is 0 Å². The maximum Gasteiger partial charge on any atom is 0.335 e. The molecule has 96 valence electrons. The summed E-state index contributed by atoms with van der Waals surface area (Å²) in [5.74, 6) is -1.07. The van der Waals surface area contributed by atoms with Crippen molar-refractivity contribution >= 4 is 23.1 Å². The van der Waals surface area contributed by atoms with Crippen LogP contribution < -0.4 is 0 Å². The summed E-state index contributed by atoms with van der Waals surface area (Å²) in [4.78, 5) is 10.9. The standard InChI is InChI=1S/C15H12ClNO2/c1-3-11(15(18)19)8-14(16)10(2)13-7-5-4-6-12(13)9-17/h3-8H,2H2,1H3,(H,18,19)/b11-3+,14-8+. The van der Waals surface area contributed by atoms with Crippen molar-refractivity contribution in [3.63, 3.8) is 0 Å². The molecule has 0 unspecified atom stereocenters. The number of nitrogens with zero attached hydrogens (tertiary/aromatic N) is 1. The Morgan fingerprint density at radius 3 is 2.63 bits per heavy atom. The van der Waals surface area contributed by atoms with Gasteiger partial charge in [0.25, 0.3) is 0 Å². The molecule has 0 bridgehead atoms. The minimum atomic E-state index is -1.07. The van der Waals surface area contributed by atoms with Gasteiger partial charge in [0.15, 0.2) is 0 Å². The highest BCUT2D eigenvalue weighted by molar-refractivity contribution is 6.37. The number of allylic oxidation sites excluding steroid dienone is 3. The molecule has 4 heteroatoms. The van der Waals surface area contributed by atoms with Crippen LogP contribution >= 0.6 is 11.6 Å². The SMILES string of the molecule is C=C(/C(Cl)=C\C(=C/C)C(=O)O)c1ccccc1C#N. The number of benzene rings is 1. The van der Waals surface area contributed by atoms with Gasteiger partial charge in [-0.25, -0.2) is 4.79 Å². The Balaban J connectivity index is 3.18. The summed E-state index contributed by atoms with van der Waals surface area (Å²) in [5.41, 5.74) is 1.52. The van der Waals surface area contributed by atoms with Crippen LogP contribution in [0.15, 0.2) is 53.6 Å². The zero-order valence-corrected chi connectivity index (χ0v) is 11.1. The summed E-state index contributed by atoms with van der Waals surface area (Å²) in [5, 5.41) is 18.1. The molecule has 0 spiro atoms. The molecule has 0 saturated carbocycles. The number of carbonyl (C=O) groups is 1. The minimum Gasteiger partial charge on any atom is -0.478 e. The van der Waals surface area contributed by atoms with Crippen molar-refractivity contribution in [2.24, 2.45) is 0 Å². The van der Waals surface area contributed by atoms with E-state index in [0.29, 0.717) is 16.7 Å². The Morgan fingerprint density at radius 2 is 2.11 bits per heavy atom.